The lowest BCUT2D eigenvalue weighted by Gasteiger charge is -2.07. The molecule has 0 N–H and O–H groups in total. The summed E-state index contributed by atoms with van der Waals surface area (Å²) in [7, 11) is 0. The number of imidazole rings is 1. The summed E-state index contributed by atoms with van der Waals surface area (Å²) in [5, 5.41) is 10.8. The Hall–Kier alpha value is -2.37. The van der Waals surface area contributed by atoms with Gasteiger partial charge in [0.05, 0.1) is 23.5 Å². The van der Waals surface area contributed by atoms with Gasteiger partial charge in [-0.1, -0.05) is 0 Å². The number of hydrogen-bond donors (Lipinski definition) is 0. The van der Waals surface area contributed by atoms with Gasteiger partial charge in [0.2, 0.25) is 0 Å². The van der Waals surface area contributed by atoms with Gasteiger partial charge < -0.3 is 9.30 Å². The smallest absolute Gasteiger partial charge is 0.311 e. The number of hydrogen-bond acceptors (Lipinski definition) is 4. The number of nitro benzene ring substituents is 1. The number of benzene rings is 1. The molecule has 0 spiro atoms. The van der Waals surface area contributed by atoms with Crippen LogP contribution in [0.2, 0.25) is 0 Å². The highest BCUT2D eigenvalue weighted by atomic mass is 16.6. The van der Waals surface area contributed by atoms with Crippen molar-refractivity contribution in [1.29, 1.82) is 0 Å². The summed E-state index contributed by atoms with van der Waals surface area (Å²) in [5.74, 6) is 0.267. The Morgan fingerprint density at radius 1 is 1.53 bits per heavy atom. The highest BCUT2D eigenvalue weighted by Crippen LogP contribution is 2.29. The minimum Gasteiger partial charge on any atom is -0.487 e. The fraction of sp³-hybridized carbons (Fsp3) is 0.182. The second kappa shape index (κ2) is 4.65. The third-order valence-corrected chi connectivity index (χ3v) is 2.24. The molecule has 1 heterocycles. The van der Waals surface area contributed by atoms with E-state index in [0.29, 0.717) is 6.61 Å². The Morgan fingerprint density at radius 3 is 2.94 bits per heavy atom. The molecule has 0 aliphatic rings. The maximum atomic E-state index is 10.8. The predicted molar refractivity (Wildman–Crippen MR) is 61.4 cm³/mol. The van der Waals surface area contributed by atoms with E-state index in [2.05, 4.69) is 4.98 Å². The number of rotatable bonds is 4. The van der Waals surface area contributed by atoms with E-state index in [9.17, 15) is 10.1 Å². The molecule has 0 radical (unpaired) electrons. The second-order valence-corrected chi connectivity index (χ2v) is 3.31. The van der Waals surface area contributed by atoms with Crippen molar-refractivity contribution in [3.8, 4) is 11.4 Å². The van der Waals surface area contributed by atoms with Crippen LogP contribution in [0, 0.1) is 10.1 Å². The average molecular weight is 233 g/mol. The highest BCUT2D eigenvalue weighted by Gasteiger charge is 2.15. The van der Waals surface area contributed by atoms with Crippen molar-refractivity contribution < 1.29 is 9.66 Å². The third-order valence-electron chi connectivity index (χ3n) is 2.24. The summed E-state index contributed by atoms with van der Waals surface area (Å²) in [4.78, 5) is 14.3. The van der Waals surface area contributed by atoms with Gasteiger partial charge in [-0.3, -0.25) is 10.1 Å². The van der Waals surface area contributed by atoms with Gasteiger partial charge in [0.15, 0.2) is 5.75 Å². The molecule has 88 valence electrons. The zero-order valence-corrected chi connectivity index (χ0v) is 9.24. The van der Waals surface area contributed by atoms with E-state index >= 15 is 0 Å². The topological polar surface area (TPSA) is 70.2 Å². The first-order valence-corrected chi connectivity index (χ1v) is 5.12. The minimum absolute atomic E-state index is 0.0317. The fourth-order valence-electron chi connectivity index (χ4n) is 1.50. The lowest BCUT2D eigenvalue weighted by Crippen LogP contribution is -1.99. The van der Waals surface area contributed by atoms with Crippen molar-refractivity contribution in [2.45, 2.75) is 6.92 Å². The molecule has 0 aliphatic heterocycles. The molecule has 1 aromatic carbocycles. The molecule has 17 heavy (non-hydrogen) atoms. The molecule has 2 aromatic rings. The maximum Gasteiger partial charge on any atom is 0.311 e. The van der Waals surface area contributed by atoms with Crippen LogP contribution in [0.15, 0.2) is 36.9 Å². The standard InChI is InChI=1S/C11H11N3O3/c1-2-17-11-7-9(13-6-5-12-8-13)3-4-10(11)14(15)16/h3-8H,2H2,1H3. The Kier molecular flexibility index (Phi) is 3.04. The van der Waals surface area contributed by atoms with Crippen LogP contribution in [0.3, 0.4) is 0 Å². The van der Waals surface area contributed by atoms with Gasteiger partial charge in [0, 0.05) is 24.5 Å². The van der Waals surface area contributed by atoms with Crippen LogP contribution < -0.4 is 4.74 Å². The van der Waals surface area contributed by atoms with E-state index in [1.807, 2.05) is 0 Å². The molecule has 0 unspecified atom stereocenters. The van der Waals surface area contributed by atoms with Crippen LogP contribution in [0.4, 0.5) is 5.69 Å². The minimum atomic E-state index is -0.456. The van der Waals surface area contributed by atoms with E-state index in [1.54, 1.807) is 42.3 Å². The molecule has 0 aliphatic carbocycles. The van der Waals surface area contributed by atoms with Gasteiger partial charge in [-0.15, -0.1) is 0 Å². The Balaban J connectivity index is 2.45. The summed E-state index contributed by atoms with van der Waals surface area (Å²) in [5.41, 5.74) is 0.743. The van der Waals surface area contributed by atoms with Gasteiger partial charge in [-0.05, 0) is 13.0 Å². The summed E-state index contributed by atoms with van der Waals surface area (Å²) < 4.78 is 7.02. The van der Waals surface area contributed by atoms with E-state index in [-0.39, 0.29) is 11.4 Å². The second-order valence-electron chi connectivity index (χ2n) is 3.31. The molecule has 2 rings (SSSR count). The zero-order chi connectivity index (χ0) is 12.3. The van der Waals surface area contributed by atoms with Crippen LogP contribution in [-0.4, -0.2) is 21.1 Å². The quantitative estimate of drug-likeness (QED) is 0.599. The van der Waals surface area contributed by atoms with E-state index in [4.69, 9.17) is 4.74 Å². The van der Waals surface area contributed by atoms with Crippen molar-refractivity contribution in [3.05, 3.63) is 47.0 Å². The third kappa shape index (κ3) is 2.25. The van der Waals surface area contributed by atoms with E-state index in [0.717, 1.165) is 5.69 Å². The zero-order valence-electron chi connectivity index (χ0n) is 9.24. The SMILES string of the molecule is CCOc1cc(-n2ccnc2)ccc1[N+](=O)[O-]. The lowest BCUT2D eigenvalue weighted by molar-refractivity contribution is -0.385. The van der Waals surface area contributed by atoms with Crippen molar-refractivity contribution in [2.24, 2.45) is 0 Å². The van der Waals surface area contributed by atoms with Crippen LogP contribution in [0.25, 0.3) is 5.69 Å². The summed E-state index contributed by atoms with van der Waals surface area (Å²) in [6.07, 6.45) is 5.02. The normalized spacial score (nSPS) is 10.2. The van der Waals surface area contributed by atoms with Gasteiger partial charge >= 0.3 is 5.69 Å². The molecular formula is C11H11N3O3. The van der Waals surface area contributed by atoms with E-state index in [1.165, 1.54) is 6.07 Å². The Bertz CT molecular complexity index is 523. The largest absolute Gasteiger partial charge is 0.487 e. The molecule has 0 fully saturated rings. The fourth-order valence-corrected chi connectivity index (χ4v) is 1.50. The van der Waals surface area contributed by atoms with Crippen molar-refractivity contribution in [1.82, 2.24) is 9.55 Å². The lowest BCUT2D eigenvalue weighted by atomic mass is 10.2. The highest BCUT2D eigenvalue weighted by molar-refractivity contribution is 5.53. The van der Waals surface area contributed by atoms with Gasteiger partial charge in [0.25, 0.3) is 0 Å². The molecule has 6 nitrogen and oxygen atoms in total. The number of aromatic nitrogens is 2. The molecule has 6 heteroatoms. The number of nitro groups is 1. The predicted octanol–water partition coefficient (Wildman–Crippen LogP) is 2.18. The summed E-state index contributed by atoms with van der Waals surface area (Å²) >= 11 is 0. The first kappa shape index (κ1) is 11.1. The molecule has 0 amide bonds. The van der Waals surface area contributed by atoms with Gasteiger partial charge in [0.1, 0.15) is 0 Å². The van der Waals surface area contributed by atoms with Gasteiger partial charge in [-0.2, -0.15) is 0 Å². The number of ether oxygens (including phenoxy) is 1. The van der Waals surface area contributed by atoms with Crippen LogP contribution in [0.5, 0.6) is 5.75 Å². The summed E-state index contributed by atoms with van der Waals surface area (Å²) in [6.45, 7) is 2.17. The molecule has 0 bridgehead atoms. The summed E-state index contributed by atoms with van der Waals surface area (Å²) in [6, 6.07) is 4.71. The van der Waals surface area contributed by atoms with Crippen molar-refractivity contribution in [3.63, 3.8) is 0 Å². The Labute approximate surface area is 97.6 Å². The molecule has 0 atom stereocenters. The Morgan fingerprint density at radius 2 is 2.35 bits per heavy atom. The number of nitrogens with zero attached hydrogens (tertiary/aromatic N) is 3. The van der Waals surface area contributed by atoms with Crippen LogP contribution >= 0.6 is 0 Å². The van der Waals surface area contributed by atoms with Gasteiger partial charge in [-0.25, -0.2) is 4.98 Å². The maximum absolute atomic E-state index is 10.8. The first-order valence-electron chi connectivity index (χ1n) is 5.12. The van der Waals surface area contributed by atoms with Crippen molar-refractivity contribution >= 4 is 5.69 Å². The van der Waals surface area contributed by atoms with Crippen molar-refractivity contribution in [2.75, 3.05) is 6.61 Å². The average Bonchev–Trinajstić information content (AvgIpc) is 2.82. The monoisotopic (exact) mass is 233 g/mol. The molecule has 1 aromatic heterocycles. The first-order chi connectivity index (χ1) is 8.22. The van der Waals surface area contributed by atoms with Crippen LogP contribution in [-0.2, 0) is 0 Å². The van der Waals surface area contributed by atoms with E-state index < -0.39 is 4.92 Å². The molecule has 0 saturated carbocycles. The van der Waals surface area contributed by atoms with Crippen LogP contribution in [0.1, 0.15) is 6.92 Å². The molecule has 0 saturated heterocycles. The molecular weight excluding hydrogens is 222 g/mol.